The van der Waals surface area contributed by atoms with Gasteiger partial charge in [-0.05, 0) is 55.4 Å². The average molecular weight is 535 g/mol. The van der Waals surface area contributed by atoms with Crippen LogP contribution in [0.4, 0.5) is 0 Å². The van der Waals surface area contributed by atoms with E-state index in [1.165, 1.54) is 0 Å². The zero-order valence-corrected chi connectivity index (χ0v) is 21.2. The summed E-state index contributed by atoms with van der Waals surface area (Å²) in [6.07, 6.45) is 5.00. The van der Waals surface area contributed by atoms with E-state index >= 15 is 0 Å². The smallest absolute Gasteiger partial charge is 0.356 e. The number of aryl methyl sites for hydroxylation is 2. The molecule has 1 aromatic carbocycles. The lowest BCUT2D eigenvalue weighted by molar-refractivity contribution is -0.197. The van der Waals surface area contributed by atoms with Gasteiger partial charge >= 0.3 is 13.8 Å². The third kappa shape index (κ3) is 9.66. The number of phosphoric ester groups is 1. The molecule has 1 fully saturated rings. The molecule has 0 radical (unpaired) electrons. The Labute approximate surface area is 213 Å². The molecule has 3 N–H and O–H groups in total. The topological polar surface area (TPSA) is 172 Å². The Hall–Kier alpha value is -3.18. The molecular weight excluding hydrogens is 505 g/mol. The fourth-order valence-electron chi connectivity index (χ4n) is 3.77. The van der Waals surface area contributed by atoms with Gasteiger partial charge in [-0.25, -0.2) is 9.36 Å². The van der Waals surface area contributed by atoms with Crippen molar-refractivity contribution in [1.82, 2.24) is 15.4 Å². The molecule has 1 aliphatic heterocycles. The van der Waals surface area contributed by atoms with Crippen molar-refractivity contribution in [3.8, 4) is 0 Å². The van der Waals surface area contributed by atoms with E-state index < -0.39 is 25.6 Å². The molecule has 13 heteroatoms. The third-order valence-corrected chi connectivity index (χ3v) is 6.14. The van der Waals surface area contributed by atoms with Crippen LogP contribution in [0.1, 0.15) is 56.1 Å². The van der Waals surface area contributed by atoms with Gasteiger partial charge in [-0.2, -0.15) is 0 Å². The Morgan fingerprint density at radius 3 is 2.43 bits per heavy atom. The van der Waals surface area contributed by atoms with E-state index in [1.807, 2.05) is 24.3 Å². The van der Waals surface area contributed by atoms with E-state index in [9.17, 15) is 23.7 Å². The lowest BCUT2D eigenvalue weighted by Gasteiger charge is -2.12. The summed E-state index contributed by atoms with van der Waals surface area (Å²) in [6.45, 7) is 0.141. The van der Waals surface area contributed by atoms with Gasteiger partial charge in [0, 0.05) is 43.8 Å². The van der Waals surface area contributed by atoms with Crippen molar-refractivity contribution in [2.24, 2.45) is 0 Å². The van der Waals surface area contributed by atoms with E-state index in [-0.39, 0.29) is 38.3 Å². The Kier molecular flexibility index (Phi) is 10.3. The summed E-state index contributed by atoms with van der Waals surface area (Å²) in [5, 5.41) is 4.20. The second kappa shape index (κ2) is 13.4. The maximum absolute atomic E-state index is 11.9. The first-order chi connectivity index (χ1) is 17.6. The van der Waals surface area contributed by atoms with Crippen molar-refractivity contribution >= 4 is 42.4 Å². The van der Waals surface area contributed by atoms with Gasteiger partial charge in [0.2, 0.25) is 5.91 Å². The van der Waals surface area contributed by atoms with E-state index in [0.29, 0.717) is 43.6 Å². The number of hydrogen-bond acceptors (Lipinski definition) is 8. The van der Waals surface area contributed by atoms with Crippen molar-refractivity contribution in [3.05, 3.63) is 41.6 Å². The zero-order chi connectivity index (χ0) is 26.8. The molecule has 1 saturated heterocycles. The number of hydroxylamine groups is 2. The van der Waals surface area contributed by atoms with Crippen LogP contribution < -0.4 is 5.32 Å². The number of pyridine rings is 1. The van der Waals surface area contributed by atoms with Crippen LogP contribution >= 0.6 is 7.82 Å². The summed E-state index contributed by atoms with van der Waals surface area (Å²) in [5.41, 5.74) is 2.81. The molecule has 0 unspecified atom stereocenters. The number of amides is 3. The standard InChI is InChI=1S/C24H30N3O9P/c28-21(25-12-3-13-35-37(32,33)34)6-1-5-18-14-19-9-8-17(15-20(19)26-16-18)4-2-7-24(31)36-27-22(29)10-11-23(27)30/h8-9,14-16H,1-7,10-13H2,(H,25,28)(H2,32,33,34). The minimum atomic E-state index is -4.47. The summed E-state index contributed by atoms with van der Waals surface area (Å²) in [4.78, 5) is 73.4. The fourth-order valence-corrected chi connectivity index (χ4v) is 4.14. The maximum Gasteiger partial charge on any atom is 0.469 e. The monoisotopic (exact) mass is 535 g/mol. The van der Waals surface area contributed by atoms with Gasteiger partial charge in [0.05, 0.1) is 12.1 Å². The van der Waals surface area contributed by atoms with Crippen LogP contribution in [0, 0.1) is 0 Å². The normalized spacial score (nSPS) is 13.8. The van der Waals surface area contributed by atoms with Crippen LogP contribution in [0.15, 0.2) is 30.5 Å². The number of benzene rings is 1. The molecule has 0 spiro atoms. The number of hydrogen-bond donors (Lipinski definition) is 3. The van der Waals surface area contributed by atoms with Crippen LogP contribution in [0.3, 0.4) is 0 Å². The van der Waals surface area contributed by atoms with Crippen molar-refractivity contribution < 1.29 is 42.9 Å². The minimum Gasteiger partial charge on any atom is -0.356 e. The maximum atomic E-state index is 11.9. The summed E-state index contributed by atoms with van der Waals surface area (Å²) < 4.78 is 14.9. The second-order valence-corrected chi connectivity index (χ2v) is 9.89. The van der Waals surface area contributed by atoms with Crippen LogP contribution in [0.2, 0.25) is 0 Å². The number of carbonyl (C=O) groups excluding carboxylic acids is 4. The van der Waals surface area contributed by atoms with E-state index in [1.54, 1.807) is 6.20 Å². The first kappa shape index (κ1) is 28.4. The summed E-state index contributed by atoms with van der Waals surface area (Å²) in [5.74, 6) is -1.75. The Bertz CT molecular complexity index is 1180. The quantitative estimate of drug-likeness (QED) is 0.185. The summed E-state index contributed by atoms with van der Waals surface area (Å²) in [7, 11) is -4.47. The molecule has 1 aliphatic rings. The number of nitrogens with one attached hydrogen (secondary N) is 1. The number of phosphoric acid groups is 1. The van der Waals surface area contributed by atoms with E-state index in [4.69, 9.17) is 14.6 Å². The molecule has 0 bridgehead atoms. The Morgan fingerprint density at radius 1 is 1.00 bits per heavy atom. The van der Waals surface area contributed by atoms with Gasteiger partial charge in [-0.3, -0.25) is 23.9 Å². The van der Waals surface area contributed by atoms with Crippen LogP contribution in [0.5, 0.6) is 0 Å². The van der Waals surface area contributed by atoms with E-state index in [2.05, 4.69) is 14.8 Å². The summed E-state index contributed by atoms with van der Waals surface area (Å²) in [6, 6.07) is 7.87. The first-order valence-corrected chi connectivity index (χ1v) is 13.5. The van der Waals surface area contributed by atoms with E-state index in [0.717, 1.165) is 22.0 Å². The number of rotatable bonds is 14. The number of imide groups is 1. The molecule has 200 valence electrons. The molecule has 0 aliphatic carbocycles. The molecule has 3 amide bonds. The van der Waals surface area contributed by atoms with Gasteiger partial charge in [-0.15, -0.1) is 5.06 Å². The predicted molar refractivity (Wildman–Crippen MR) is 130 cm³/mol. The molecule has 37 heavy (non-hydrogen) atoms. The molecule has 12 nitrogen and oxygen atoms in total. The average Bonchev–Trinajstić information content (AvgIpc) is 3.15. The minimum absolute atomic E-state index is 0.0647. The van der Waals surface area contributed by atoms with Crippen LogP contribution in [-0.4, -0.2) is 56.7 Å². The number of nitrogens with zero attached hydrogens (tertiary/aromatic N) is 2. The largest absolute Gasteiger partial charge is 0.469 e. The molecular formula is C24H30N3O9P. The Balaban J connectivity index is 1.37. The molecule has 3 rings (SSSR count). The van der Waals surface area contributed by atoms with Gasteiger partial charge in [0.1, 0.15) is 0 Å². The van der Waals surface area contributed by atoms with Gasteiger partial charge in [0.15, 0.2) is 0 Å². The van der Waals surface area contributed by atoms with Crippen molar-refractivity contribution in [2.75, 3.05) is 13.2 Å². The lowest BCUT2D eigenvalue weighted by Crippen LogP contribution is -2.31. The Morgan fingerprint density at radius 2 is 1.70 bits per heavy atom. The molecule has 0 saturated carbocycles. The van der Waals surface area contributed by atoms with Crippen LogP contribution in [0.25, 0.3) is 10.9 Å². The van der Waals surface area contributed by atoms with Gasteiger partial charge < -0.3 is 19.9 Å². The highest BCUT2D eigenvalue weighted by Crippen LogP contribution is 2.35. The highest BCUT2D eigenvalue weighted by molar-refractivity contribution is 7.46. The molecule has 0 atom stereocenters. The number of fused-ring (bicyclic) bond motifs is 1. The van der Waals surface area contributed by atoms with Gasteiger partial charge in [-0.1, -0.05) is 12.1 Å². The molecule has 2 heterocycles. The second-order valence-electron chi connectivity index (χ2n) is 8.65. The summed E-state index contributed by atoms with van der Waals surface area (Å²) >= 11 is 0. The number of carbonyl (C=O) groups is 4. The lowest BCUT2D eigenvalue weighted by atomic mass is 10.0. The SMILES string of the molecule is O=C(CCCc1cnc2cc(CCCC(=O)ON3C(=O)CCC3=O)ccc2c1)NCCCOP(=O)(O)O. The predicted octanol–water partition coefficient (Wildman–Crippen LogP) is 2.10. The highest BCUT2D eigenvalue weighted by atomic mass is 31.2. The van der Waals surface area contributed by atoms with Crippen molar-refractivity contribution in [1.29, 1.82) is 0 Å². The van der Waals surface area contributed by atoms with Crippen LogP contribution in [-0.2, 0) is 45.9 Å². The third-order valence-electron chi connectivity index (χ3n) is 5.62. The first-order valence-electron chi connectivity index (χ1n) is 12.0. The number of aromatic nitrogens is 1. The molecule has 1 aromatic heterocycles. The van der Waals surface area contributed by atoms with Crippen molar-refractivity contribution in [2.45, 2.75) is 57.8 Å². The highest BCUT2D eigenvalue weighted by Gasteiger charge is 2.32. The fraction of sp³-hybridized carbons (Fsp3) is 0.458. The van der Waals surface area contributed by atoms with Gasteiger partial charge in [0.25, 0.3) is 11.8 Å². The molecule has 2 aromatic rings. The van der Waals surface area contributed by atoms with Crippen molar-refractivity contribution in [3.63, 3.8) is 0 Å². The zero-order valence-electron chi connectivity index (χ0n) is 20.3.